The highest BCUT2D eigenvalue weighted by atomic mass is 35.5. The molecule has 0 aromatic heterocycles. The first-order valence-corrected chi connectivity index (χ1v) is 8.34. The van der Waals surface area contributed by atoms with E-state index >= 15 is 0 Å². The summed E-state index contributed by atoms with van der Waals surface area (Å²) in [5.41, 5.74) is 1.44. The Labute approximate surface area is 129 Å². The maximum absolute atomic E-state index is 5.94. The van der Waals surface area contributed by atoms with Gasteiger partial charge in [0.2, 0.25) is 0 Å². The summed E-state index contributed by atoms with van der Waals surface area (Å²) in [5, 5.41) is 4.60. The van der Waals surface area contributed by atoms with Gasteiger partial charge in [0.05, 0.1) is 0 Å². The van der Waals surface area contributed by atoms with E-state index in [0.717, 1.165) is 35.2 Å². The number of halogens is 1. The van der Waals surface area contributed by atoms with Crippen molar-refractivity contribution in [3.05, 3.63) is 34.9 Å². The first kappa shape index (κ1) is 15.9. The lowest BCUT2D eigenvalue weighted by Gasteiger charge is -2.38. The second-order valence-corrected chi connectivity index (χ2v) is 7.41. The summed E-state index contributed by atoms with van der Waals surface area (Å²) in [4.78, 5) is 0. The normalized spacial score (nSPS) is 22.6. The van der Waals surface area contributed by atoms with Crippen LogP contribution in [0.25, 0.3) is 0 Å². The van der Waals surface area contributed by atoms with Crippen LogP contribution in [0.15, 0.2) is 24.3 Å². The van der Waals surface area contributed by atoms with Crippen molar-refractivity contribution in [3.8, 4) is 0 Å². The Morgan fingerprint density at radius 1 is 1.05 bits per heavy atom. The Hall–Kier alpha value is -0.530. The summed E-state index contributed by atoms with van der Waals surface area (Å²) >= 11 is 5.94. The van der Waals surface area contributed by atoms with Crippen LogP contribution >= 0.6 is 11.6 Å². The number of rotatable bonds is 6. The molecule has 0 spiro atoms. The summed E-state index contributed by atoms with van der Waals surface area (Å²) in [6.45, 7) is 10.5. The summed E-state index contributed by atoms with van der Waals surface area (Å²) in [5.74, 6) is 3.02. The third-order valence-corrected chi connectivity index (χ3v) is 5.09. The lowest BCUT2D eigenvalue weighted by atomic mass is 9.75. The van der Waals surface area contributed by atoms with Gasteiger partial charge in [0.1, 0.15) is 0 Å². The maximum atomic E-state index is 5.94. The standard InChI is InChI=1S/C18H28ClN/c1-12(2)18(13(3)4)11-20-17-9-15(10-17)14-5-7-16(19)8-6-14/h5-8,12-13,15,17-18,20H,9-11H2,1-4H3. The number of benzene rings is 1. The van der Waals surface area contributed by atoms with E-state index in [1.165, 1.54) is 18.4 Å². The Kier molecular flexibility index (Phi) is 5.51. The molecule has 0 amide bonds. The smallest absolute Gasteiger partial charge is 0.0406 e. The van der Waals surface area contributed by atoms with Crippen molar-refractivity contribution in [2.24, 2.45) is 17.8 Å². The molecule has 2 rings (SSSR count). The minimum Gasteiger partial charge on any atom is -0.314 e. The van der Waals surface area contributed by atoms with E-state index in [4.69, 9.17) is 11.6 Å². The zero-order valence-corrected chi connectivity index (χ0v) is 14.0. The van der Waals surface area contributed by atoms with Crippen LogP contribution in [0.1, 0.15) is 52.0 Å². The van der Waals surface area contributed by atoms with E-state index in [1.807, 2.05) is 12.1 Å². The van der Waals surface area contributed by atoms with Gasteiger partial charge in [0.25, 0.3) is 0 Å². The van der Waals surface area contributed by atoms with E-state index in [1.54, 1.807) is 0 Å². The van der Waals surface area contributed by atoms with Crippen molar-refractivity contribution >= 4 is 11.6 Å². The molecule has 112 valence electrons. The largest absolute Gasteiger partial charge is 0.314 e. The van der Waals surface area contributed by atoms with E-state index in [0.29, 0.717) is 6.04 Å². The van der Waals surface area contributed by atoms with E-state index in [9.17, 15) is 0 Å². The molecule has 0 aliphatic heterocycles. The predicted octanol–water partition coefficient (Wildman–Crippen LogP) is 5.10. The molecule has 1 aromatic carbocycles. The quantitative estimate of drug-likeness (QED) is 0.769. The Balaban J connectivity index is 1.75. The van der Waals surface area contributed by atoms with Crippen LogP contribution in [-0.4, -0.2) is 12.6 Å². The van der Waals surface area contributed by atoms with E-state index in [2.05, 4.69) is 45.1 Å². The first-order chi connectivity index (χ1) is 9.47. The molecule has 0 heterocycles. The van der Waals surface area contributed by atoms with Crippen LogP contribution in [0.5, 0.6) is 0 Å². The van der Waals surface area contributed by atoms with Crippen LogP contribution in [0.2, 0.25) is 5.02 Å². The molecule has 1 aromatic rings. The van der Waals surface area contributed by atoms with Crippen molar-refractivity contribution in [2.75, 3.05) is 6.54 Å². The molecule has 1 fully saturated rings. The molecule has 1 N–H and O–H groups in total. The van der Waals surface area contributed by atoms with Gasteiger partial charge in [-0.2, -0.15) is 0 Å². The van der Waals surface area contributed by atoms with Gasteiger partial charge in [-0.3, -0.25) is 0 Å². The van der Waals surface area contributed by atoms with Crippen molar-refractivity contribution < 1.29 is 0 Å². The molecular weight excluding hydrogens is 266 g/mol. The highest BCUT2D eigenvalue weighted by molar-refractivity contribution is 6.30. The fourth-order valence-corrected chi connectivity index (χ4v) is 3.46. The molecule has 1 aliphatic rings. The SMILES string of the molecule is CC(C)C(CNC1CC(c2ccc(Cl)cc2)C1)C(C)C. The molecule has 0 radical (unpaired) electrons. The molecular formula is C18H28ClN. The maximum Gasteiger partial charge on any atom is 0.0406 e. The lowest BCUT2D eigenvalue weighted by molar-refractivity contribution is 0.225. The van der Waals surface area contributed by atoms with Crippen LogP contribution in [-0.2, 0) is 0 Å². The second kappa shape index (κ2) is 6.95. The summed E-state index contributed by atoms with van der Waals surface area (Å²) < 4.78 is 0. The summed E-state index contributed by atoms with van der Waals surface area (Å²) in [6.07, 6.45) is 2.54. The molecule has 0 unspecified atom stereocenters. The van der Waals surface area contributed by atoms with Crippen LogP contribution in [0.3, 0.4) is 0 Å². The molecule has 0 bridgehead atoms. The first-order valence-electron chi connectivity index (χ1n) is 7.96. The highest BCUT2D eigenvalue weighted by Crippen LogP contribution is 2.37. The van der Waals surface area contributed by atoms with Crippen molar-refractivity contribution in [1.29, 1.82) is 0 Å². The van der Waals surface area contributed by atoms with E-state index in [-0.39, 0.29) is 0 Å². The van der Waals surface area contributed by atoms with Crippen LogP contribution in [0, 0.1) is 17.8 Å². The van der Waals surface area contributed by atoms with Gasteiger partial charge in [-0.25, -0.2) is 0 Å². The molecule has 20 heavy (non-hydrogen) atoms. The van der Waals surface area contributed by atoms with Gasteiger partial charge in [-0.15, -0.1) is 0 Å². The average molecular weight is 294 g/mol. The lowest BCUT2D eigenvalue weighted by Crippen LogP contribution is -2.43. The number of nitrogens with one attached hydrogen (secondary N) is 1. The Morgan fingerprint density at radius 2 is 1.60 bits per heavy atom. The molecule has 0 atom stereocenters. The van der Waals surface area contributed by atoms with Gasteiger partial charge >= 0.3 is 0 Å². The molecule has 0 saturated heterocycles. The summed E-state index contributed by atoms with van der Waals surface area (Å²) in [7, 11) is 0. The zero-order chi connectivity index (χ0) is 14.7. The zero-order valence-electron chi connectivity index (χ0n) is 13.2. The monoisotopic (exact) mass is 293 g/mol. The van der Waals surface area contributed by atoms with Crippen LogP contribution < -0.4 is 5.32 Å². The predicted molar refractivity (Wildman–Crippen MR) is 88.4 cm³/mol. The minimum absolute atomic E-state index is 0.704. The Morgan fingerprint density at radius 3 is 2.10 bits per heavy atom. The van der Waals surface area contributed by atoms with Crippen molar-refractivity contribution in [2.45, 2.75) is 52.5 Å². The third-order valence-electron chi connectivity index (χ3n) is 4.83. The fraction of sp³-hybridized carbons (Fsp3) is 0.667. The van der Waals surface area contributed by atoms with Gasteiger partial charge in [0, 0.05) is 11.1 Å². The van der Waals surface area contributed by atoms with Gasteiger partial charge in [0.15, 0.2) is 0 Å². The number of hydrogen-bond donors (Lipinski definition) is 1. The topological polar surface area (TPSA) is 12.0 Å². The highest BCUT2D eigenvalue weighted by Gasteiger charge is 2.30. The van der Waals surface area contributed by atoms with Crippen LogP contribution in [0.4, 0.5) is 0 Å². The fourth-order valence-electron chi connectivity index (χ4n) is 3.34. The average Bonchev–Trinajstić information content (AvgIpc) is 2.32. The molecule has 1 nitrogen and oxygen atoms in total. The second-order valence-electron chi connectivity index (χ2n) is 6.98. The number of hydrogen-bond acceptors (Lipinski definition) is 1. The van der Waals surface area contributed by atoms with Crippen molar-refractivity contribution in [3.63, 3.8) is 0 Å². The van der Waals surface area contributed by atoms with Gasteiger partial charge in [-0.05, 0) is 60.8 Å². The molecule has 1 aliphatic carbocycles. The third kappa shape index (κ3) is 3.99. The van der Waals surface area contributed by atoms with Gasteiger partial charge in [-0.1, -0.05) is 51.4 Å². The molecule has 2 heteroatoms. The molecule has 1 saturated carbocycles. The van der Waals surface area contributed by atoms with E-state index < -0.39 is 0 Å². The Bertz CT molecular complexity index is 396. The van der Waals surface area contributed by atoms with Crippen molar-refractivity contribution in [1.82, 2.24) is 5.32 Å². The summed E-state index contributed by atoms with van der Waals surface area (Å²) in [6, 6.07) is 9.06. The minimum atomic E-state index is 0.704. The van der Waals surface area contributed by atoms with Gasteiger partial charge < -0.3 is 5.32 Å².